The quantitative estimate of drug-likeness (QED) is 0.611. The van der Waals surface area contributed by atoms with E-state index in [1.165, 1.54) is 0 Å². The summed E-state index contributed by atoms with van der Waals surface area (Å²) in [4.78, 5) is 23.0. The maximum Gasteiger partial charge on any atom is 0.318 e. The third-order valence-electron chi connectivity index (χ3n) is 2.05. The summed E-state index contributed by atoms with van der Waals surface area (Å²) in [6, 6.07) is -0.218. The van der Waals surface area contributed by atoms with Gasteiger partial charge >= 0.3 is 12.0 Å². The third kappa shape index (κ3) is 2.66. The zero-order chi connectivity index (χ0) is 10.6. The number of terminal acetylenes is 1. The molecule has 0 spiro atoms. The summed E-state index contributed by atoms with van der Waals surface area (Å²) in [7, 11) is 0. The van der Waals surface area contributed by atoms with E-state index in [4.69, 9.17) is 11.5 Å². The second-order valence-electron chi connectivity index (χ2n) is 3.23. The van der Waals surface area contributed by atoms with Gasteiger partial charge in [0.2, 0.25) is 0 Å². The van der Waals surface area contributed by atoms with Gasteiger partial charge in [0.05, 0.1) is 13.0 Å². The Labute approximate surface area is 82.1 Å². The van der Waals surface area contributed by atoms with Gasteiger partial charge in [0.25, 0.3) is 0 Å². The predicted molar refractivity (Wildman–Crippen MR) is 49.5 cm³/mol. The van der Waals surface area contributed by atoms with Gasteiger partial charge in [-0.3, -0.25) is 4.79 Å². The number of nitrogens with one attached hydrogen (secondary N) is 1. The molecule has 1 aliphatic heterocycles. The molecule has 1 heterocycles. The fourth-order valence-corrected chi connectivity index (χ4v) is 1.35. The Hall–Kier alpha value is -1.70. The predicted octanol–water partition coefficient (Wildman–Crippen LogP) is -0.264. The summed E-state index contributed by atoms with van der Waals surface area (Å²) in [6.45, 7) is 1.21. The molecule has 0 bridgehead atoms. The molecule has 0 aromatic rings. The van der Waals surface area contributed by atoms with Gasteiger partial charge in [0.15, 0.2) is 0 Å². The van der Waals surface area contributed by atoms with Crippen LogP contribution in [0.4, 0.5) is 4.79 Å². The Morgan fingerprint density at radius 1 is 1.57 bits per heavy atom. The summed E-state index contributed by atoms with van der Waals surface area (Å²) in [5, 5.41) is 11.0. The van der Waals surface area contributed by atoms with Crippen LogP contribution >= 0.6 is 0 Å². The molecule has 1 saturated heterocycles. The van der Waals surface area contributed by atoms with Crippen molar-refractivity contribution in [2.75, 3.05) is 19.6 Å². The molecule has 5 nitrogen and oxygen atoms in total. The van der Waals surface area contributed by atoms with Crippen LogP contribution in [0.3, 0.4) is 0 Å². The zero-order valence-electron chi connectivity index (χ0n) is 7.69. The van der Waals surface area contributed by atoms with Crippen molar-refractivity contribution in [3.63, 3.8) is 0 Å². The minimum atomic E-state index is -0.821. The van der Waals surface area contributed by atoms with E-state index in [0.29, 0.717) is 13.1 Å². The van der Waals surface area contributed by atoms with E-state index in [2.05, 4.69) is 11.2 Å². The van der Waals surface area contributed by atoms with Crippen molar-refractivity contribution in [1.82, 2.24) is 10.2 Å². The highest BCUT2D eigenvalue weighted by atomic mass is 16.4. The van der Waals surface area contributed by atoms with Gasteiger partial charge < -0.3 is 15.3 Å². The average Bonchev–Trinajstić information content (AvgIpc) is 2.06. The smallest absolute Gasteiger partial charge is 0.318 e. The number of urea groups is 1. The first kappa shape index (κ1) is 10.4. The molecule has 0 atom stereocenters. The van der Waals surface area contributed by atoms with Gasteiger partial charge in [0.1, 0.15) is 0 Å². The minimum Gasteiger partial charge on any atom is -0.481 e. The summed E-state index contributed by atoms with van der Waals surface area (Å²) < 4.78 is 0. The molecular weight excluding hydrogens is 184 g/mol. The van der Waals surface area contributed by atoms with Gasteiger partial charge in [-0.1, -0.05) is 5.92 Å². The van der Waals surface area contributed by atoms with Crippen molar-refractivity contribution in [2.45, 2.75) is 6.42 Å². The lowest BCUT2D eigenvalue weighted by Gasteiger charge is -2.38. The van der Waals surface area contributed by atoms with Crippen molar-refractivity contribution >= 4 is 12.0 Å². The molecule has 0 aromatic heterocycles. The molecule has 0 unspecified atom stereocenters. The number of carboxylic acid groups (broad SMARTS) is 1. The maximum atomic E-state index is 11.2. The Kier molecular flexibility index (Phi) is 3.35. The van der Waals surface area contributed by atoms with E-state index < -0.39 is 5.97 Å². The fraction of sp³-hybridized carbons (Fsp3) is 0.556. The van der Waals surface area contributed by atoms with Crippen LogP contribution in [0.15, 0.2) is 0 Å². The Morgan fingerprint density at radius 2 is 2.21 bits per heavy atom. The molecule has 1 fully saturated rings. The van der Waals surface area contributed by atoms with E-state index in [0.717, 1.165) is 0 Å². The molecule has 0 aliphatic carbocycles. The minimum absolute atomic E-state index is 0.0871. The topological polar surface area (TPSA) is 69.6 Å². The summed E-state index contributed by atoms with van der Waals surface area (Å²) in [5.74, 6) is 1.56. The van der Waals surface area contributed by atoms with Crippen molar-refractivity contribution in [2.24, 2.45) is 5.92 Å². The number of rotatable bonds is 3. The third-order valence-corrected chi connectivity index (χ3v) is 2.05. The number of hydrogen-bond acceptors (Lipinski definition) is 2. The largest absolute Gasteiger partial charge is 0.481 e. The van der Waals surface area contributed by atoms with Gasteiger partial charge in [0, 0.05) is 19.0 Å². The average molecular weight is 196 g/mol. The number of carbonyl (C=O) groups excluding carboxylic acids is 1. The number of likely N-dealkylation sites (tertiary alicyclic amines) is 1. The van der Waals surface area contributed by atoms with Gasteiger partial charge in [-0.15, -0.1) is 6.42 Å². The molecule has 1 rings (SSSR count). The van der Waals surface area contributed by atoms with Crippen LogP contribution in [0, 0.1) is 18.3 Å². The van der Waals surface area contributed by atoms with Gasteiger partial charge in [-0.25, -0.2) is 4.79 Å². The van der Waals surface area contributed by atoms with Crippen molar-refractivity contribution in [3.8, 4) is 12.3 Å². The number of hydrogen-bond donors (Lipinski definition) is 2. The molecule has 0 aromatic carbocycles. The maximum absolute atomic E-state index is 11.2. The number of aliphatic carboxylic acids is 1. The number of carbonyl (C=O) groups is 2. The van der Waals surface area contributed by atoms with E-state index in [1.807, 2.05) is 0 Å². The summed E-state index contributed by atoms with van der Waals surface area (Å²) in [5.41, 5.74) is 0. The van der Waals surface area contributed by atoms with Gasteiger partial charge in [-0.05, 0) is 0 Å². The van der Waals surface area contributed by atoms with Gasteiger partial charge in [-0.2, -0.15) is 0 Å². The highest BCUT2D eigenvalue weighted by Crippen LogP contribution is 2.18. The molecule has 1 aliphatic rings. The highest BCUT2D eigenvalue weighted by molar-refractivity contribution is 5.76. The van der Waals surface area contributed by atoms with Crippen LogP contribution in [0.2, 0.25) is 0 Å². The number of amides is 2. The second-order valence-corrected chi connectivity index (χ2v) is 3.23. The first-order chi connectivity index (χ1) is 6.63. The zero-order valence-corrected chi connectivity index (χ0v) is 7.69. The Bertz CT molecular complexity index is 276. The number of nitrogens with zero attached hydrogens (tertiary/aromatic N) is 1. The fourth-order valence-electron chi connectivity index (χ4n) is 1.35. The van der Waals surface area contributed by atoms with Crippen molar-refractivity contribution in [1.29, 1.82) is 0 Å². The van der Waals surface area contributed by atoms with Crippen molar-refractivity contribution in [3.05, 3.63) is 0 Å². The van der Waals surface area contributed by atoms with Crippen LogP contribution in [0.1, 0.15) is 6.42 Å². The molecule has 0 saturated carbocycles. The molecule has 2 N–H and O–H groups in total. The summed E-state index contributed by atoms with van der Waals surface area (Å²) in [6.07, 6.45) is 5.09. The Morgan fingerprint density at radius 3 is 2.71 bits per heavy atom. The van der Waals surface area contributed by atoms with E-state index in [1.54, 1.807) is 4.90 Å². The van der Waals surface area contributed by atoms with Crippen LogP contribution in [0.5, 0.6) is 0 Å². The molecular formula is C9H12N2O3. The van der Waals surface area contributed by atoms with Crippen LogP contribution < -0.4 is 5.32 Å². The molecule has 2 amide bonds. The van der Waals surface area contributed by atoms with Crippen LogP contribution in [-0.2, 0) is 4.79 Å². The molecule has 14 heavy (non-hydrogen) atoms. The van der Waals surface area contributed by atoms with E-state index >= 15 is 0 Å². The monoisotopic (exact) mass is 196 g/mol. The molecule has 76 valence electrons. The van der Waals surface area contributed by atoms with Crippen molar-refractivity contribution < 1.29 is 14.7 Å². The van der Waals surface area contributed by atoms with E-state index in [-0.39, 0.29) is 24.9 Å². The first-order valence-corrected chi connectivity index (χ1v) is 4.31. The highest BCUT2D eigenvalue weighted by Gasteiger charge is 2.31. The normalized spacial score (nSPS) is 15.5. The first-order valence-electron chi connectivity index (χ1n) is 4.31. The van der Waals surface area contributed by atoms with E-state index in [9.17, 15) is 9.59 Å². The summed E-state index contributed by atoms with van der Waals surface area (Å²) >= 11 is 0. The number of carboxylic acids is 1. The standard InChI is InChI=1S/C9H12N2O3/c1-2-3-10-9(14)11-5-7(6-11)4-8(12)13/h1,7H,3-6H2,(H,10,14)(H,12,13). The lowest BCUT2D eigenvalue weighted by molar-refractivity contribution is -0.139. The second kappa shape index (κ2) is 4.51. The lowest BCUT2D eigenvalue weighted by Crippen LogP contribution is -2.54. The Balaban J connectivity index is 2.18. The molecule has 5 heteroatoms. The van der Waals surface area contributed by atoms with Crippen LogP contribution in [0.25, 0.3) is 0 Å². The molecule has 0 radical (unpaired) electrons. The SMILES string of the molecule is C#CCNC(=O)N1CC(CC(=O)O)C1. The van der Waals surface area contributed by atoms with Crippen LogP contribution in [-0.4, -0.2) is 41.6 Å². The lowest BCUT2D eigenvalue weighted by atomic mass is 9.97.